The van der Waals surface area contributed by atoms with E-state index in [1.54, 1.807) is 0 Å². The van der Waals surface area contributed by atoms with E-state index in [1.165, 1.54) is 44.2 Å². The Bertz CT molecular complexity index is 746. The highest BCUT2D eigenvalue weighted by Crippen LogP contribution is 2.26. The summed E-state index contributed by atoms with van der Waals surface area (Å²) in [5, 5.41) is 7.06. The van der Waals surface area contributed by atoms with Crippen LogP contribution in [0.4, 0.5) is 0 Å². The number of aromatic nitrogens is 2. The zero-order valence-corrected chi connectivity index (χ0v) is 15.7. The summed E-state index contributed by atoms with van der Waals surface area (Å²) in [5.74, 6) is 0.910. The Kier molecular flexibility index (Phi) is 5.39. The average molecular weight is 355 g/mol. The van der Waals surface area contributed by atoms with E-state index in [2.05, 4.69) is 48.3 Å². The van der Waals surface area contributed by atoms with Gasteiger partial charge < -0.3 is 15.2 Å². The summed E-state index contributed by atoms with van der Waals surface area (Å²) in [6, 6.07) is 9.59. The summed E-state index contributed by atoms with van der Waals surface area (Å²) >= 11 is 0. The number of guanidine groups is 1. The number of rotatable bonds is 5. The van der Waals surface area contributed by atoms with E-state index in [4.69, 9.17) is 0 Å². The zero-order chi connectivity index (χ0) is 17.8. The fourth-order valence-electron chi connectivity index (χ4n) is 4.38. The molecule has 4 rings (SSSR count). The van der Waals surface area contributed by atoms with Crippen LogP contribution >= 0.6 is 0 Å². The highest BCUT2D eigenvalue weighted by atomic mass is 15.3. The fourth-order valence-corrected chi connectivity index (χ4v) is 4.38. The van der Waals surface area contributed by atoms with Crippen molar-refractivity contribution < 1.29 is 0 Å². The summed E-state index contributed by atoms with van der Waals surface area (Å²) in [7, 11) is 1.85. The van der Waals surface area contributed by atoms with E-state index in [-0.39, 0.29) is 0 Å². The lowest BCUT2D eigenvalue weighted by atomic mass is 10.2. The number of hydrogen-bond acceptors (Lipinski definition) is 3. The van der Waals surface area contributed by atoms with Crippen molar-refractivity contribution in [1.29, 1.82) is 0 Å². The molecule has 1 saturated heterocycles. The molecule has 2 aliphatic rings. The predicted octanol–water partition coefficient (Wildman–Crippen LogP) is 2.22. The molecule has 0 bridgehead atoms. The van der Waals surface area contributed by atoms with Crippen molar-refractivity contribution in [2.24, 2.45) is 4.99 Å². The van der Waals surface area contributed by atoms with Gasteiger partial charge in [0.05, 0.1) is 17.4 Å². The van der Waals surface area contributed by atoms with Crippen LogP contribution in [0, 0.1) is 0 Å². The molecule has 1 aliphatic heterocycles. The van der Waals surface area contributed by atoms with Gasteiger partial charge in [0.25, 0.3) is 0 Å². The molecular formula is C20H30N6. The minimum absolute atomic E-state index is 0.510. The first-order valence-electron chi connectivity index (χ1n) is 9.94. The summed E-state index contributed by atoms with van der Waals surface area (Å²) in [6.45, 7) is 4.08. The van der Waals surface area contributed by atoms with Crippen molar-refractivity contribution in [3.63, 3.8) is 0 Å². The van der Waals surface area contributed by atoms with E-state index in [0.717, 1.165) is 37.2 Å². The maximum atomic E-state index is 4.45. The summed E-state index contributed by atoms with van der Waals surface area (Å²) in [5.41, 5.74) is 2.23. The van der Waals surface area contributed by atoms with Gasteiger partial charge in [0.2, 0.25) is 0 Å². The van der Waals surface area contributed by atoms with Crippen LogP contribution in [0.3, 0.4) is 0 Å². The summed E-state index contributed by atoms with van der Waals surface area (Å²) in [4.78, 5) is 11.5. The molecule has 0 amide bonds. The Morgan fingerprint density at radius 2 is 2.08 bits per heavy atom. The molecule has 6 nitrogen and oxygen atoms in total. The van der Waals surface area contributed by atoms with Crippen molar-refractivity contribution in [2.75, 3.05) is 26.7 Å². The molecule has 2 aromatic rings. The fraction of sp³-hybridized carbons (Fsp3) is 0.600. The van der Waals surface area contributed by atoms with Gasteiger partial charge in [-0.2, -0.15) is 0 Å². The Morgan fingerprint density at radius 1 is 1.23 bits per heavy atom. The molecule has 1 saturated carbocycles. The number of benzene rings is 1. The third-order valence-corrected chi connectivity index (χ3v) is 5.80. The van der Waals surface area contributed by atoms with Crippen molar-refractivity contribution in [2.45, 2.75) is 50.7 Å². The van der Waals surface area contributed by atoms with Gasteiger partial charge in [-0.25, -0.2) is 4.98 Å². The molecule has 1 aromatic heterocycles. The lowest BCUT2D eigenvalue weighted by Crippen LogP contribution is -2.46. The zero-order valence-electron chi connectivity index (χ0n) is 15.7. The van der Waals surface area contributed by atoms with Gasteiger partial charge in [0.1, 0.15) is 0 Å². The van der Waals surface area contributed by atoms with Gasteiger partial charge in [0.15, 0.2) is 5.96 Å². The number of imidazole rings is 1. The maximum absolute atomic E-state index is 4.45. The maximum Gasteiger partial charge on any atom is 0.191 e. The largest absolute Gasteiger partial charge is 0.355 e. The lowest BCUT2D eigenvalue weighted by molar-refractivity contribution is 0.242. The van der Waals surface area contributed by atoms with E-state index >= 15 is 0 Å². The first-order chi connectivity index (χ1) is 12.8. The van der Waals surface area contributed by atoms with Crippen LogP contribution in [-0.4, -0.2) is 59.2 Å². The number of nitrogens with zero attached hydrogens (tertiary/aromatic N) is 4. The molecule has 0 spiro atoms. The monoisotopic (exact) mass is 354 g/mol. The Balaban J connectivity index is 1.25. The molecule has 0 radical (unpaired) electrons. The van der Waals surface area contributed by atoms with Crippen LogP contribution < -0.4 is 10.6 Å². The van der Waals surface area contributed by atoms with Gasteiger partial charge in [0, 0.05) is 45.3 Å². The summed E-state index contributed by atoms with van der Waals surface area (Å²) < 4.78 is 2.19. The van der Waals surface area contributed by atoms with Gasteiger partial charge in [-0.1, -0.05) is 25.0 Å². The molecule has 2 fully saturated rings. The third-order valence-electron chi connectivity index (χ3n) is 5.80. The van der Waals surface area contributed by atoms with Gasteiger partial charge in [-0.05, 0) is 31.4 Å². The van der Waals surface area contributed by atoms with Crippen molar-refractivity contribution in [3.8, 4) is 0 Å². The Hall–Kier alpha value is -2.08. The molecule has 1 atom stereocenters. The van der Waals surface area contributed by atoms with Crippen LogP contribution in [0.1, 0.15) is 32.1 Å². The molecule has 26 heavy (non-hydrogen) atoms. The van der Waals surface area contributed by atoms with E-state index < -0.39 is 0 Å². The normalized spacial score (nSPS) is 22.3. The summed E-state index contributed by atoms with van der Waals surface area (Å²) in [6.07, 6.45) is 8.72. The molecule has 140 valence electrons. The quantitative estimate of drug-likeness (QED) is 0.639. The number of hydrogen-bond donors (Lipinski definition) is 2. The Morgan fingerprint density at radius 3 is 2.92 bits per heavy atom. The third kappa shape index (κ3) is 3.85. The number of fused-ring (bicyclic) bond motifs is 1. The van der Waals surface area contributed by atoms with Crippen LogP contribution in [0.25, 0.3) is 11.0 Å². The first kappa shape index (κ1) is 17.3. The molecule has 6 heteroatoms. The van der Waals surface area contributed by atoms with Crippen molar-refractivity contribution in [1.82, 2.24) is 25.1 Å². The van der Waals surface area contributed by atoms with E-state index in [9.17, 15) is 0 Å². The highest BCUT2D eigenvalue weighted by Gasteiger charge is 2.30. The second kappa shape index (κ2) is 8.08. The Labute approximate surface area is 155 Å². The second-order valence-corrected chi connectivity index (χ2v) is 7.49. The molecule has 1 aromatic carbocycles. The minimum Gasteiger partial charge on any atom is -0.355 e. The minimum atomic E-state index is 0.510. The molecule has 2 heterocycles. The number of para-hydroxylation sites is 2. The van der Waals surface area contributed by atoms with E-state index in [0.29, 0.717) is 6.04 Å². The van der Waals surface area contributed by atoms with Crippen molar-refractivity contribution >= 4 is 17.0 Å². The molecule has 1 unspecified atom stereocenters. The van der Waals surface area contributed by atoms with Crippen LogP contribution in [0.15, 0.2) is 35.6 Å². The highest BCUT2D eigenvalue weighted by molar-refractivity contribution is 5.80. The first-order valence-corrected chi connectivity index (χ1v) is 9.94. The van der Waals surface area contributed by atoms with Crippen molar-refractivity contribution in [3.05, 3.63) is 30.6 Å². The molecule has 2 N–H and O–H groups in total. The number of likely N-dealkylation sites (tertiary alicyclic amines) is 1. The average Bonchev–Trinajstić information content (AvgIpc) is 3.41. The van der Waals surface area contributed by atoms with E-state index in [1.807, 2.05) is 19.4 Å². The van der Waals surface area contributed by atoms with Gasteiger partial charge >= 0.3 is 0 Å². The van der Waals surface area contributed by atoms with Crippen LogP contribution in [-0.2, 0) is 6.54 Å². The smallest absolute Gasteiger partial charge is 0.191 e. The number of nitrogens with one attached hydrogen (secondary N) is 2. The predicted molar refractivity (Wildman–Crippen MR) is 106 cm³/mol. The van der Waals surface area contributed by atoms with Gasteiger partial charge in [-0.15, -0.1) is 0 Å². The lowest BCUT2D eigenvalue weighted by Gasteiger charge is -2.24. The van der Waals surface area contributed by atoms with Crippen LogP contribution in [0.2, 0.25) is 0 Å². The van der Waals surface area contributed by atoms with Gasteiger partial charge in [-0.3, -0.25) is 9.89 Å². The second-order valence-electron chi connectivity index (χ2n) is 7.49. The molecule has 1 aliphatic carbocycles. The SMILES string of the molecule is CN=C(NCCn1cnc2ccccc21)NC1CCN(C2CCCC2)C1. The standard InChI is InChI=1S/C20H30N6/c1-21-20(24-16-10-12-25(14-16)17-6-2-3-7-17)22-11-13-26-15-23-18-8-4-5-9-19(18)26/h4-5,8-9,15-17H,2-3,6-7,10-14H2,1H3,(H2,21,22,24). The molecular weight excluding hydrogens is 324 g/mol. The van der Waals surface area contributed by atoms with Crippen LogP contribution in [0.5, 0.6) is 0 Å². The number of aliphatic imine (C=N–C) groups is 1. The topological polar surface area (TPSA) is 57.5 Å².